The lowest BCUT2D eigenvalue weighted by molar-refractivity contribution is 0.102. The van der Waals surface area contributed by atoms with E-state index in [4.69, 9.17) is 11.6 Å². The summed E-state index contributed by atoms with van der Waals surface area (Å²) in [6, 6.07) is 13.8. The van der Waals surface area contributed by atoms with Gasteiger partial charge in [-0.1, -0.05) is 23.7 Å². The normalized spacial score (nSPS) is 10.4. The van der Waals surface area contributed by atoms with Crippen LogP contribution >= 0.6 is 11.6 Å². The molecule has 5 nitrogen and oxygen atoms in total. The SMILES string of the molecule is O=C(Nc1cccnc1)c1cccn(Cc2cccc(Cl)c2)c1=O. The first kappa shape index (κ1) is 16.0. The van der Waals surface area contributed by atoms with Crippen molar-refractivity contribution in [3.63, 3.8) is 0 Å². The van der Waals surface area contributed by atoms with E-state index in [9.17, 15) is 9.59 Å². The van der Waals surface area contributed by atoms with Gasteiger partial charge in [0.25, 0.3) is 11.5 Å². The Balaban J connectivity index is 1.85. The van der Waals surface area contributed by atoms with Crippen LogP contribution < -0.4 is 10.9 Å². The zero-order chi connectivity index (χ0) is 16.9. The van der Waals surface area contributed by atoms with Crippen LogP contribution in [0.2, 0.25) is 5.02 Å². The number of anilines is 1. The number of nitrogens with one attached hydrogen (secondary N) is 1. The van der Waals surface area contributed by atoms with Crippen LogP contribution in [0.15, 0.2) is 71.9 Å². The van der Waals surface area contributed by atoms with Crippen LogP contribution in [0.1, 0.15) is 15.9 Å². The third-order valence-corrected chi connectivity index (χ3v) is 3.66. The van der Waals surface area contributed by atoms with E-state index < -0.39 is 5.91 Å². The van der Waals surface area contributed by atoms with Crippen LogP contribution in [0.4, 0.5) is 5.69 Å². The number of amides is 1. The highest BCUT2D eigenvalue weighted by Crippen LogP contribution is 2.11. The van der Waals surface area contributed by atoms with Crippen LogP contribution in [0.5, 0.6) is 0 Å². The maximum absolute atomic E-state index is 12.5. The van der Waals surface area contributed by atoms with E-state index in [1.807, 2.05) is 12.1 Å². The number of pyridine rings is 2. The molecule has 0 fully saturated rings. The van der Waals surface area contributed by atoms with Crippen LogP contribution in [-0.4, -0.2) is 15.5 Å². The Morgan fingerprint density at radius 3 is 2.79 bits per heavy atom. The van der Waals surface area contributed by atoms with Crippen molar-refractivity contribution in [2.45, 2.75) is 6.54 Å². The van der Waals surface area contributed by atoms with Gasteiger partial charge in [-0.2, -0.15) is 0 Å². The molecule has 6 heteroatoms. The smallest absolute Gasteiger partial charge is 0.263 e. The van der Waals surface area contributed by atoms with E-state index in [0.717, 1.165) is 5.56 Å². The number of aromatic nitrogens is 2. The molecule has 1 aromatic carbocycles. The van der Waals surface area contributed by atoms with Gasteiger partial charge in [0, 0.05) is 17.4 Å². The van der Waals surface area contributed by atoms with Crippen molar-refractivity contribution in [1.82, 2.24) is 9.55 Å². The summed E-state index contributed by atoms with van der Waals surface area (Å²) in [5, 5.41) is 3.27. The number of carbonyl (C=O) groups is 1. The van der Waals surface area contributed by atoms with Gasteiger partial charge in [0.05, 0.1) is 18.4 Å². The zero-order valence-electron chi connectivity index (χ0n) is 12.6. The second-order valence-electron chi connectivity index (χ2n) is 5.18. The third kappa shape index (κ3) is 3.70. The molecule has 0 bridgehead atoms. The molecule has 0 radical (unpaired) electrons. The van der Waals surface area contributed by atoms with Crippen molar-refractivity contribution in [1.29, 1.82) is 0 Å². The first-order valence-electron chi connectivity index (χ1n) is 7.29. The molecular weight excluding hydrogens is 326 g/mol. The predicted molar refractivity (Wildman–Crippen MR) is 93.4 cm³/mol. The Bertz CT molecular complexity index is 923. The lowest BCUT2D eigenvalue weighted by Crippen LogP contribution is -2.29. The first-order chi connectivity index (χ1) is 11.6. The molecule has 120 valence electrons. The van der Waals surface area contributed by atoms with E-state index in [1.165, 1.54) is 16.8 Å². The molecule has 0 aliphatic rings. The molecule has 3 rings (SSSR count). The maximum atomic E-state index is 12.5. The Morgan fingerprint density at radius 1 is 1.17 bits per heavy atom. The largest absolute Gasteiger partial charge is 0.320 e. The summed E-state index contributed by atoms with van der Waals surface area (Å²) in [6.45, 7) is 0.341. The highest BCUT2D eigenvalue weighted by molar-refractivity contribution is 6.30. The minimum Gasteiger partial charge on any atom is -0.320 e. The third-order valence-electron chi connectivity index (χ3n) is 3.43. The number of carbonyl (C=O) groups excluding carboxylic acids is 1. The second kappa shape index (κ2) is 7.10. The Morgan fingerprint density at radius 2 is 2.04 bits per heavy atom. The van der Waals surface area contributed by atoms with Crippen LogP contribution in [0.3, 0.4) is 0 Å². The average molecular weight is 340 g/mol. The molecule has 0 aliphatic heterocycles. The van der Waals surface area contributed by atoms with Crippen molar-refractivity contribution in [3.05, 3.63) is 93.6 Å². The lowest BCUT2D eigenvalue weighted by atomic mass is 10.2. The van der Waals surface area contributed by atoms with Gasteiger partial charge < -0.3 is 9.88 Å². The van der Waals surface area contributed by atoms with Gasteiger partial charge in [-0.3, -0.25) is 14.6 Å². The summed E-state index contributed by atoms with van der Waals surface area (Å²) >= 11 is 5.97. The van der Waals surface area contributed by atoms with E-state index in [0.29, 0.717) is 17.3 Å². The second-order valence-corrected chi connectivity index (χ2v) is 5.62. The van der Waals surface area contributed by atoms with E-state index in [1.54, 1.807) is 42.7 Å². The lowest BCUT2D eigenvalue weighted by Gasteiger charge is -2.09. The van der Waals surface area contributed by atoms with Gasteiger partial charge >= 0.3 is 0 Å². The molecule has 1 amide bonds. The predicted octanol–water partition coefficient (Wildman–Crippen LogP) is 3.20. The molecule has 0 unspecified atom stereocenters. The molecule has 0 atom stereocenters. The first-order valence-corrected chi connectivity index (χ1v) is 7.66. The number of benzene rings is 1. The zero-order valence-corrected chi connectivity index (χ0v) is 13.4. The topological polar surface area (TPSA) is 64.0 Å². The summed E-state index contributed by atoms with van der Waals surface area (Å²) in [4.78, 5) is 28.8. The summed E-state index contributed by atoms with van der Waals surface area (Å²) in [7, 11) is 0. The van der Waals surface area contributed by atoms with Gasteiger partial charge in [0.1, 0.15) is 5.56 Å². The Kier molecular flexibility index (Phi) is 4.72. The monoisotopic (exact) mass is 339 g/mol. The van der Waals surface area contributed by atoms with E-state index in [2.05, 4.69) is 10.3 Å². The summed E-state index contributed by atoms with van der Waals surface area (Å²) in [6.07, 6.45) is 4.77. The molecule has 0 aliphatic carbocycles. The molecule has 0 saturated heterocycles. The number of halogens is 1. The van der Waals surface area contributed by atoms with Crippen molar-refractivity contribution in [3.8, 4) is 0 Å². The highest BCUT2D eigenvalue weighted by atomic mass is 35.5. The highest BCUT2D eigenvalue weighted by Gasteiger charge is 2.12. The van der Waals surface area contributed by atoms with Gasteiger partial charge in [0.2, 0.25) is 0 Å². The average Bonchev–Trinajstić information content (AvgIpc) is 2.58. The van der Waals surface area contributed by atoms with Crippen molar-refractivity contribution < 1.29 is 4.79 Å². The Labute approximate surface area is 143 Å². The maximum Gasteiger partial charge on any atom is 0.263 e. The number of nitrogens with zero attached hydrogens (tertiary/aromatic N) is 2. The van der Waals surface area contributed by atoms with E-state index in [-0.39, 0.29) is 11.1 Å². The fraction of sp³-hybridized carbons (Fsp3) is 0.0556. The molecule has 2 heterocycles. The quantitative estimate of drug-likeness (QED) is 0.794. The molecule has 0 spiro atoms. The summed E-state index contributed by atoms with van der Waals surface area (Å²) in [5.41, 5.74) is 1.13. The number of rotatable bonds is 4. The van der Waals surface area contributed by atoms with Crippen LogP contribution in [0.25, 0.3) is 0 Å². The van der Waals surface area contributed by atoms with Crippen LogP contribution in [0, 0.1) is 0 Å². The van der Waals surface area contributed by atoms with E-state index >= 15 is 0 Å². The molecule has 24 heavy (non-hydrogen) atoms. The molecule has 2 aromatic heterocycles. The standard InChI is InChI=1S/C18H14ClN3O2/c19-14-5-1-4-13(10-14)12-22-9-3-7-16(18(22)24)17(23)21-15-6-2-8-20-11-15/h1-11H,12H2,(H,21,23). The molecule has 1 N–H and O–H groups in total. The molecular formula is C18H14ClN3O2. The fourth-order valence-corrected chi connectivity index (χ4v) is 2.51. The van der Waals surface area contributed by atoms with Gasteiger partial charge in [-0.05, 0) is 42.0 Å². The summed E-state index contributed by atoms with van der Waals surface area (Å²) in [5.74, 6) is -0.464. The number of hydrogen-bond donors (Lipinski definition) is 1. The summed E-state index contributed by atoms with van der Waals surface area (Å²) < 4.78 is 1.48. The van der Waals surface area contributed by atoms with Gasteiger partial charge in [0.15, 0.2) is 0 Å². The van der Waals surface area contributed by atoms with Gasteiger partial charge in [-0.15, -0.1) is 0 Å². The minimum atomic E-state index is -0.464. The number of hydrogen-bond acceptors (Lipinski definition) is 3. The van der Waals surface area contributed by atoms with Crippen molar-refractivity contribution >= 4 is 23.2 Å². The van der Waals surface area contributed by atoms with Gasteiger partial charge in [-0.25, -0.2) is 0 Å². The molecule has 3 aromatic rings. The minimum absolute atomic E-state index is 0.0726. The van der Waals surface area contributed by atoms with Crippen molar-refractivity contribution in [2.75, 3.05) is 5.32 Å². The van der Waals surface area contributed by atoms with Crippen LogP contribution in [-0.2, 0) is 6.54 Å². The fourth-order valence-electron chi connectivity index (χ4n) is 2.30. The van der Waals surface area contributed by atoms with Crippen molar-refractivity contribution in [2.24, 2.45) is 0 Å². The Hall–Kier alpha value is -2.92. The molecule has 0 saturated carbocycles.